The molecular weight excluding hydrogens is 100 g/mol. The maximum atomic E-state index is 10.1. The lowest BCUT2D eigenvalue weighted by atomic mass is 9.89. The Labute approximate surface area is 51.0 Å². The Morgan fingerprint density at radius 3 is 1.75 bits per heavy atom. The molecule has 0 aromatic rings. The average molecular weight is 113 g/mol. The first-order chi connectivity index (χ1) is 3.48. The molecule has 0 unspecified atom stereocenters. The molecule has 8 heavy (non-hydrogen) atoms. The van der Waals surface area contributed by atoms with E-state index in [2.05, 4.69) is 0 Å². The van der Waals surface area contributed by atoms with E-state index in [0.29, 0.717) is 0 Å². The van der Waals surface area contributed by atoms with E-state index in [9.17, 15) is 5.11 Å². The molecule has 0 atom stereocenters. The van der Waals surface area contributed by atoms with Gasteiger partial charge in [0.15, 0.2) is 0 Å². The zero-order chi connectivity index (χ0) is 6.78. The van der Waals surface area contributed by atoms with Crippen molar-refractivity contribution in [1.29, 1.82) is 0 Å². The van der Waals surface area contributed by atoms with Crippen LogP contribution in [0.1, 0.15) is 27.7 Å². The third-order valence-electron chi connectivity index (χ3n) is 1.36. The Balaban J connectivity index is 4.03. The maximum absolute atomic E-state index is 10.1. The average Bonchev–Trinajstić information content (AvgIpc) is 1.62. The van der Waals surface area contributed by atoms with Gasteiger partial charge in [-0.05, 0) is 17.9 Å². The van der Waals surface area contributed by atoms with Gasteiger partial charge < -0.3 is 0 Å². The van der Waals surface area contributed by atoms with Crippen molar-refractivity contribution in [3.8, 4) is 0 Å². The second-order valence-corrected chi connectivity index (χ2v) is 3.05. The van der Waals surface area contributed by atoms with E-state index in [4.69, 9.17) is 0 Å². The summed E-state index contributed by atoms with van der Waals surface area (Å²) in [5.41, 5.74) is 0.958. The van der Waals surface area contributed by atoms with Crippen LogP contribution >= 0.6 is 0 Å². The molecule has 0 N–H and O–H groups in total. The van der Waals surface area contributed by atoms with Gasteiger partial charge in [0.1, 0.15) is 6.26 Å². The van der Waals surface area contributed by atoms with Crippen molar-refractivity contribution < 1.29 is 5.11 Å². The Bertz CT molecular complexity index is 95.4. The Hall–Kier alpha value is -0.460. The highest BCUT2D eigenvalue weighted by molar-refractivity contribution is 5.02. The summed E-state index contributed by atoms with van der Waals surface area (Å²) in [6.45, 7) is 7.93. The van der Waals surface area contributed by atoms with Crippen LogP contribution in [0.2, 0.25) is 0 Å². The number of hydrogen-bond acceptors (Lipinski definition) is 0. The number of allylic oxidation sites excluding steroid dienone is 1. The quantitative estimate of drug-likeness (QED) is 0.430. The fraction of sp³-hybridized carbons (Fsp3) is 0.714. The lowest BCUT2D eigenvalue weighted by molar-refractivity contribution is 0.331. The molecule has 0 aromatic carbocycles. The van der Waals surface area contributed by atoms with Gasteiger partial charge in [-0.15, -0.1) is 0 Å². The molecule has 1 nitrogen and oxygen atoms in total. The van der Waals surface area contributed by atoms with Crippen LogP contribution in [-0.4, -0.2) is 0 Å². The van der Waals surface area contributed by atoms with E-state index in [-0.39, 0.29) is 5.41 Å². The molecular formula is C7H13O. The van der Waals surface area contributed by atoms with E-state index < -0.39 is 0 Å². The summed E-state index contributed by atoms with van der Waals surface area (Å²) in [6, 6.07) is 0. The first-order valence-electron chi connectivity index (χ1n) is 2.77. The smallest absolute Gasteiger partial charge is 0.142 e. The molecule has 0 spiro atoms. The van der Waals surface area contributed by atoms with Crippen molar-refractivity contribution in [3.05, 3.63) is 11.8 Å². The highest BCUT2D eigenvalue weighted by Gasteiger charge is 2.11. The van der Waals surface area contributed by atoms with Gasteiger partial charge in [0.2, 0.25) is 0 Å². The molecule has 0 aliphatic rings. The van der Waals surface area contributed by atoms with Crippen LogP contribution in [0, 0.1) is 5.41 Å². The molecule has 47 valence electrons. The predicted octanol–water partition coefficient (Wildman–Crippen LogP) is 2.37. The van der Waals surface area contributed by atoms with Crippen LogP contribution in [0.15, 0.2) is 11.8 Å². The summed E-state index contributed by atoms with van der Waals surface area (Å²) in [5.74, 6) is 0. The van der Waals surface area contributed by atoms with Crippen molar-refractivity contribution >= 4 is 0 Å². The summed E-state index contributed by atoms with van der Waals surface area (Å²) in [6.07, 6.45) is 0.917. The van der Waals surface area contributed by atoms with Crippen LogP contribution in [0.3, 0.4) is 0 Å². The first-order valence-corrected chi connectivity index (χ1v) is 2.77. The Morgan fingerprint density at radius 1 is 1.38 bits per heavy atom. The Kier molecular flexibility index (Phi) is 2.08. The monoisotopic (exact) mass is 113 g/mol. The van der Waals surface area contributed by atoms with E-state index >= 15 is 0 Å². The van der Waals surface area contributed by atoms with Gasteiger partial charge in [0.05, 0.1) is 0 Å². The van der Waals surface area contributed by atoms with Crippen LogP contribution in [0.5, 0.6) is 0 Å². The maximum Gasteiger partial charge on any atom is 0.142 e. The minimum atomic E-state index is 0.0573. The fourth-order valence-electron chi connectivity index (χ4n) is 0.177. The highest BCUT2D eigenvalue weighted by Crippen LogP contribution is 2.23. The summed E-state index contributed by atoms with van der Waals surface area (Å²) in [7, 11) is 0. The van der Waals surface area contributed by atoms with Crippen LogP contribution in [0.4, 0.5) is 0 Å². The van der Waals surface area contributed by atoms with Crippen LogP contribution in [-0.2, 0) is 5.11 Å². The summed E-state index contributed by atoms with van der Waals surface area (Å²) in [5, 5.41) is 10.1. The summed E-state index contributed by atoms with van der Waals surface area (Å²) >= 11 is 0. The zero-order valence-corrected chi connectivity index (χ0v) is 5.99. The molecule has 0 amide bonds. The fourth-order valence-corrected chi connectivity index (χ4v) is 0.177. The lowest BCUT2D eigenvalue weighted by Gasteiger charge is -2.16. The molecule has 0 bridgehead atoms. The third-order valence-corrected chi connectivity index (χ3v) is 1.36. The topological polar surface area (TPSA) is 19.9 Å². The molecule has 1 heteroatoms. The molecule has 0 aliphatic carbocycles. The predicted molar refractivity (Wildman–Crippen MR) is 33.9 cm³/mol. The summed E-state index contributed by atoms with van der Waals surface area (Å²) in [4.78, 5) is 0. The van der Waals surface area contributed by atoms with Gasteiger partial charge in [-0.25, -0.2) is 0 Å². The standard InChI is InChI=1S/C7H13O/c1-6(5-8)7(2,3)4/h5H,1-4H3. The minimum absolute atomic E-state index is 0.0573. The third kappa shape index (κ3) is 2.01. The van der Waals surface area contributed by atoms with Crippen molar-refractivity contribution in [2.24, 2.45) is 5.41 Å². The van der Waals surface area contributed by atoms with Gasteiger partial charge in [-0.2, -0.15) is 0 Å². The van der Waals surface area contributed by atoms with Crippen molar-refractivity contribution in [1.82, 2.24) is 0 Å². The number of hydrogen-bond donors (Lipinski definition) is 0. The first kappa shape index (κ1) is 7.54. The summed E-state index contributed by atoms with van der Waals surface area (Å²) < 4.78 is 0. The second-order valence-electron chi connectivity index (χ2n) is 3.05. The molecule has 0 aromatic heterocycles. The van der Waals surface area contributed by atoms with Gasteiger partial charge >= 0.3 is 0 Å². The minimum Gasteiger partial charge on any atom is -0.299 e. The largest absolute Gasteiger partial charge is 0.299 e. The van der Waals surface area contributed by atoms with Crippen molar-refractivity contribution in [3.63, 3.8) is 0 Å². The normalized spacial score (nSPS) is 14.2. The Morgan fingerprint density at radius 2 is 1.75 bits per heavy atom. The van der Waals surface area contributed by atoms with Crippen molar-refractivity contribution in [2.75, 3.05) is 0 Å². The molecule has 0 aliphatic heterocycles. The van der Waals surface area contributed by atoms with Crippen molar-refractivity contribution in [2.45, 2.75) is 27.7 Å². The molecule has 0 rings (SSSR count). The highest BCUT2D eigenvalue weighted by atomic mass is 16.2. The lowest BCUT2D eigenvalue weighted by Crippen LogP contribution is -2.05. The van der Waals surface area contributed by atoms with Gasteiger partial charge in [-0.1, -0.05) is 20.8 Å². The van der Waals surface area contributed by atoms with Crippen LogP contribution in [0.25, 0.3) is 0 Å². The molecule has 0 heterocycles. The van der Waals surface area contributed by atoms with E-state index in [1.165, 1.54) is 0 Å². The van der Waals surface area contributed by atoms with E-state index in [1.807, 2.05) is 27.7 Å². The molecule has 0 saturated heterocycles. The zero-order valence-electron chi connectivity index (χ0n) is 5.99. The molecule has 0 saturated carbocycles. The van der Waals surface area contributed by atoms with Gasteiger partial charge in [0, 0.05) is 0 Å². The van der Waals surface area contributed by atoms with Gasteiger partial charge in [0.25, 0.3) is 0 Å². The SMILES string of the molecule is CC(=C[O])C(C)(C)C. The second kappa shape index (κ2) is 2.21. The molecule has 0 fully saturated rings. The van der Waals surface area contributed by atoms with E-state index in [1.54, 1.807) is 0 Å². The number of rotatable bonds is 0. The van der Waals surface area contributed by atoms with E-state index in [0.717, 1.165) is 11.8 Å². The molecule has 1 radical (unpaired) electrons. The van der Waals surface area contributed by atoms with Gasteiger partial charge in [-0.3, -0.25) is 5.11 Å². The van der Waals surface area contributed by atoms with Crippen LogP contribution < -0.4 is 0 Å².